The predicted octanol–water partition coefficient (Wildman–Crippen LogP) is 3.12. The second-order valence-corrected chi connectivity index (χ2v) is 10.2. The van der Waals surface area contributed by atoms with E-state index in [-0.39, 0.29) is 93.7 Å². The highest BCUT2D eigenvalue weighted by atomic mass is 16.6. The Morgan fingerprint density at radius 1 is 1.05 bits per heavy atom. The first-order valence-corrected chi connectivity index (χ1v) is 12.4. The van der Waals surface area contributed by atoms with Crippen molar-refractivity contribution in [2.75, 3.05) is 13.2 Å². The Hall–Kier alpha value is -4.15. The van der Waals surface area contributed by atoms with Crippen molar-refractivity contribution in [2.45, 2.75) is 38.7 Å². The Labute approximate surface area is 216 Å². The molecule has 11 nitrogen and oxygen atoms in total. The van der Waals surface area contributed by atoms with Crippen molar-refractivity contribution in [3.05, 3.63) is 35.4 Å². The molecular formula is C27H24O11. The van der Waals surface area contributed by atoms with E-state index in [0.29, 0.717) is 13.0 Å². The maximum Gasteiger partial charge on any atom is 0.348 e. The fourth-order valence-corrected chi connectivity index (χ4v) is 6.14. The number of benzene rings is 1. The minimum atomic E-state index is -0.908. The summed E-state index contributed by atoms with van der Waals surface area (Å²) in [6.45, 7) is 8.85. The molecule has 2 aromatic heterocycles. The monoisotopic (exact) mass is 524 g/mol. The van der Waals surface area contributed by atoms with Gasteiger partial charge in [-0.2, -0.15) is 0 Å². The molecule has 4 bridgehead atoms. The third-order valence-corrected chi connectivity index (χ3v) is 7.95. The minimum Gasteiger partial charge on any atom is -0.465 e. The molecule has 7 rings (SSSR count). The second-order valence-electron chi connectivity index (χ2n) is 10.2. The SMILES string of the molecule is C=C(C)C(=O)Oc1c2c3oc1c(C(=O)OCCC(=C)C(=O)OC1CC4CCC1C1COC(=O)C41)c3C(=O)O2. The van der Waals surface area contributed by atoms with Gasteiger partial charge in [0, 0.05) is 29.4 Å². The first kappa shape index (κ1) is 24.2. The van der Waals surface area contributed by atoms with Crippen molar-refractivity contribution in [3.63, 3.8) is 0 Å². The Morgan fingerprint density at radius 3 is 2.61 bits per heavy atom. The fourth-order valence-electron chi connectivity index (χ4n) is 6.14. The molecule has 5 aliphatic rings. The largest absolute Gasteiger partial charge is 0.465 e. The van der Waals surface area contributed by atoms with E-state index in [2.05, 4.69) is 13.2 Å². The molecule has 11 heteroatoms. The number of hydrogen-bond acceptors (Lipinski definition) is 11. The van der Waals surface area contributed by atoms with Gasteiger partial charge in [-0.15, -0.1) is 0 Å². The average molecular weight is 524 g/mol. The summed E-state index contributed by atoms with van der Waals surface area (Å²) in [4.78, 5) is 61.9. The zero-order chi connectivity index (χ0) is 26.9. The van der Waals surface area contributed by atoms with Gasteiger partial charge in [-0.3, -0.25) is 4.79 Å². The van der Waals surface area contributed by atoms with Gasteiger partial charge in [0.25, 0.3) is 0 Å². The average Bonchev–Trinajstić information content (AvgIpc) is 3.61. The van der Waals surface area contributed by atoms with Crippen molar-refractivity contribution in [2.24, 2.45) is 23.7 Å². The van der Waals surface area contributed by atoms with Crippen LogP contribution in [0.1, 0.15) is 53.3 Å². The number of rotatable bonds is 8. The van der Waals surface area contributed by atoms with Crippen molar-refractivity contribution >= 4 is 41.0 Å². The fraction of sp³-hybridized carbons (Fsp3) is 0.444. The van der Waals surface area contributed by atoms with Gasteiger partial charge in [0.1, 0.15) is 17.2 Å². The molecular weight excluding hydrogens is 500 g/mol. The van der Waals surface area contributed by atoms with Crippen molar-refractivity contribution in [1.29, 1.82) is 0 Å². The van der Waals surface area contributed by atoms with Gasteiger partial charge in [-0.05, 0) is 32.1 Å². The number of furan rings is 2. The second kappa shape index (κ2) is 8.71. The van der Waals surface area contributed by atoms with E-state index in [9.17, 15) is 24.0 Å². The van der Waals surface area contributed by atoms with E-state index in [0.717, 1.165) is 12.8 Å². The number of ether oxygens (including phenoxy) is 5. The molecule has 0 N–H and O–H groups in total. The zero-order valence-corrected chi connectivity index (χ0v) is 20.5. The van der Waals surface area contributed by atoms with E-state index >= 15 is 0 Å². The lowest BCUT2D eigenvalue weighted by molar-refractivity contribution is -0.160. The van der Waals surface area contributed by atoms with E-state index < -0.39 is 23.9 Å². The summed E-state index contributed by atoms with van der Waals surface area (Å²) in [5, 5.41) is 0. The topological polar surface area (TPSA) is 145 Å². The molecule has 4 fully saturated rings. The van der Waals surface area contributed by atoms with E-state index in [1.54, 1.807) is 0 Å². The highest BCUT2D eigenvalue weighted by Gasteiger charge is 2.56. The Balaban J connectivity index is 1.07. The molecule has 5 unspecified atom stereocenters. The third-order valence-electron chi connectivity index (χ3n) is 7.95. The number of carbonyl (C=O) groups is 5. The Bertz CT molecular complexity index is 1430. The number of fused-ring (bicyclic) bond motifs is 3. The van der Waals surface area contributed by atoms with Gasteiger partial charge < -0.3 is 28.1 Å². The number of esters is 5. The summed E-state index contributed by atoms with van der Waals surface area (Å²) in [6.07, 6.45) is 2.11. The molecule has 0 spiro atoms. The molecule has 0 aromatic carbocycles. The van der Waals surface area contributed by atoms with Gasteiger partial charge in [-0.1, -0.05) is 13.2 Å². The highest BCUT2D eigenvalue weighted by molar-refractivity contribution is 6.20. The molecule has 0 radical (unpaired) electrons. The van der Waals surface area contributed by atoms with Crippen LogP contribution in [0.4, 0.5) is 0 Å². The molecule has 0 amide bonds. The normalized spacial score (nSPS) is 26.6. The molecule has 2 aromatic rings. The van der Waals surface area contributed by atoms with Crippen molar-refractivity contribution in [1.82, 2.24) is 0 Å². The van der Waals surface area contributed by atoms with Gasteiger partial charge in [0.05, 0.1) is 19.1 Å². The molecule has 4 heterocycles. The molecule has 5 atom stereocenters. The van der Waals surface area contributed by atoms with Crippen LogP contribution in [0.3, 0.4) is 0 Å². The lowest BCUT2D eigenvalue weighted by Gasteiger charge is -2.47. The Kier molecular flexibility index (Phi) is 5.55. The molecule has 38 heavy (non-hydrogen) atoms. The third kappa shape index (κ3) is 3.59. The van der Waals surface area contributed by atoms with Crippen LogP contribution in [0.15, 0.2) is 28.7 Å². The summed E-state index contributed by atoms with van der Waals surface area (Å²) >= 11 is 0. The lowest BCUT2D eigenvalue weighted by Crippen LogP contribution is -2.49. The van der Waals surface area contributed by atoms with Crippen LogP contribution in [0.5, 0.6) is 11.5 Å². The highest BCUT2D eigenvalue weighted by Crippen LogP contribution is 2.53. The van der Waals surface area contributed by atoms with Gasteiger partial charge in [0.2, 0.25) is 11.5 Å². The summed E-state index contributed by atoms with van der Waals surface area (Å²) < 4.78 is 32.1. The van der Waals surface area contributed by atoms with E-state index in [1.807, 2.05) is 0 Å². The molecule has 198 valence electrons. The predicted molar refractivity (Wildman–Crippen MR) is 125 cm³/mol. The summed E-state index contributed by atoms with van der Waals surface area (Å²) in [5.41, 5.74) is -0.252. The number of cyclic esters (lactones) is 1. The van der Waals surface area contributed by atoms with Crippen molar-refractivity contribution in [3.8, 4) is 11.5 Å². The van der Waals surface area contributed by atoms with Gasteiger partial charge in [-0.25, -0.2) is 19.2 Å². The first-order valence-electron chi connectivity index (χ1n) is 12.4. The number of hydrogen-bond donors (Lipinski definition) is 0. The molecule has 2 aliphatic heterocycles. The van der Waals surface area contributed by atoms with Crippen molar-refractivity contribution < 1.29 is 52.1 Å². The van der Waals surface area contributed by atoms with Crippen LogP contribution in [0, 0.1) is 23.7 Å². The van der Waals surface area contributed by atoms with Crippen LogP contribution in [-0.2, 0) is 28.6 Å². The van der Waals surface area contributed by atoms with Gasteiger partial charge >= 0.3 is 29.8 Å². The van der Waals surface area contributed by atoms with Crippen LogP contribution in [0.25, 0.3) is 11.2 Å². The van der Waals surface area contributed by atoms with Crippen LogP contribution >= 0.6 is 0 Å². The van der Waals surface area contributed by atoms with Gasteiger partial charge in [0.15, 0.2) is 11.2 Å². The molecule has 3 aliphatic carbocycles. The lowest BCUT2D eigenvalue weighted by atomic mass is 9.58. The number of carbonyl (C=O) groups excluding carboxylic acids is 5. The van der Waals surface area contributed by atoms with Crippen LogP contribution in [0.2, 0.25) is 0 Å². The van der Waals surface area contributed by atoms with E-state index in [4.69, 9.17) is 28.1 Å². The van der Waals surface area contributed by atoms with Crippen LogP contribution in [-0.4, -0.2) is 49.2 Å². The summed E-state index contributed by atoms with van der Waals surface area (Å²) in [6, 6.07) is 0. The smallest absolute Gasteiger partial charge is 0.348 e. The van der Waals surface area contributed by atoms with E-state index in [1.165, 1.54) is 6.92 Å². The molecule has 1 saturated heterocycles. The first-order chi connectivity index (χ1) is 18.2. The standard InChI is InChI=1S/C27H24O11/c1-10(2)23(28)37-21-19-17(18-20(36-19)22(21)38-27(18)32)26(31)33-7-6-11(3)24(29)35-15-8-12-4-5-13(15)14-9-34-25(30)16(12)14/h12-16H,1,3-9H2,2H3. The molecule has 3 saturated carbocycles. The maximum absolute atomic E-state index is 12.9. The zero-order valence-electron chi connectivity index (χ0n) is 20.5. The maximum atomic E-state index is 12.9. The summed E-state index contributed by atoms with van der Waals surface area (Å²) in [5.74, 6) is -3.31. The quantitative estimate of drug-likeness (QED) is 0.217. The Morgan fingerprint density at radius 2 is 1.84 bits per heavy atom. The summed E-state index contributed by atoms with van der Waals surface area (Å²) in [7, 11) is 0. The van der Waals surface area contributed by atoms with Crippen LogP contribution < -0.4 is 9.47 Å². The minimum absolute atomic E-state index is 0.00253.